The molecule has 1 amide bonds. The van der Waals surface area contributed by atoms with Crippen LogP contribution in [0.4, 0.5) is 0 Å². The highest BCUT2D eigenvalue weighted by atomic mass is 16.2. The summed E-state index contributed by atoms with van der Waals surface area (Å²) in [6, 6.07) is 3.70. The van der Waals surface area contributed by atoms with Crippen molar-refractivity contribution in [1.29, 1.82) is 0 Å². The van der Waals surface area contributed by atoms with Crippen LogP contribution in [0.2, 0.25) is 0 Å². The van der Waals surface area contributed by atoms with Crippen LogP contribution in [0.3, 0.4) is 0 Å². The van der Waals surface area contributed by atoms with Gasteiger partial charge in [0, 0.05) is 25.9 Å². The smallest absolute Gasteiger partial charge is 0.255 e. The number of amides is 1. The SMILES string of the molecule is Cc1ccc(C(=O)N(C)CCCCCO)c(C)n1. The number of carbonyl (C=O) groups is 1. The van der Waals surface area contributed by atoms with Crippen molar-refractivity contribution in [3.8, 4) is 0 Å². The lowest BCUT2D eigenvalue weighted by Gasteiger charge is -2.18. The first-order valence-electron chi connectivity index (χ1n) is 6.37. The minimum Gasteiger partial charge on any atom is -0.396 e. The molecule has 0 unspecified atom stereocenters. The van der Waals surface area contributed by atoms with Crippen molar-refractivity contribution in [2.75, 3.05) is 20.2 Å². The van der Waals surface area contributed by atoms with E-state index in [-0.39, 0.29) is 12.5 Å². The van der Waals surface area contributed by atoms with Gasteiger partial charge in [-0.25, -0.2) is 0 Å². The molecule has 0 fully saturated rings. The topological polar surface area (TPSA) is 53.4 Å². The Bertz CT molecular complexity index is 405. The molecule has 0 atom stereocenters. The molecule has 1 aromatic heterocycles. The van der Waals surface area contributed by atoms with Gasteiger partial charge in [-0.05, 0) is 45.2 Å². The highest BCUT2D eigenvalue weighted by Gasteiger charge is 2.14. The summed E-state index contributed by atoms with van der Waals surface area (Å²) >= 11 is 0. The van der Waals surface area contributed by atoms with Gasteiger partial charge in [-0.1, -0.05) is 0 Å². The molecule has 0 aliphatic rings. The molecule has 0 saturated carbocycles. The molecule has 4 nitrogen and oxygen atoms in total. The highest BCUT2D eigenvalue weighted by molar-refractivity contribution is 5.95. The zero-order chi connectivity index (χ0) is 13.5. The van der Waals surface area contributed by atoms with E-state index >= 15 is 0 Å². The molecule has 1 N–H and O–H groups in total. The lowest BCUT2D eigenvalue weighted by Crippen LogP contribution is -2.28. The third kappa shape index (κ3) is 4.11. The van der Waals surface area contributed by atoms with E-state index in [9.17, 15) is 4.79 Å². The standard InChI is InChI=1S/C14H22N2O2/c1-11-7-8-13(12(2)15-11)14(18)16(3)9-5-4-6-10-17/h7-8,17H,4-6,9-10H2,1-3H3. The Hall–Kier alpha value is -1.42. The number of aliphatic hydroxyl groups excluding tert-OH is 1. The van der Waals surface area contributed by atoms with Crippen molar-refractivity contribution < 1.29 is 9.90 Å². The van der Waals surface area contributed by atoms with Gasteiger partial charge in [-0.3, -0.25) is 9.78 Å². The van der Waals surface area contributed by atoms with Crippen molar-refractivity contribution in [3.05, 3.63) is 29.1 Å². The number of carbonyl (C=O) groups excluding carboxylic acids is 1. The van der Waals surface area contributed by atoms with Crippen molar-refractivity contribution in [2.24, 2.45) is 0 Å². The van der Waals surface area contributed by atoms with Crippen LogP contribution in [-0.2, 0) is 0 Å². The normalized spacial score (nSPS) is 10.4. The molecule has 18 heavy (non-hydrogen) atoms. The number of rotatable bonds is 6. The van der Waals surface area contributed by atoms with E-state index in [1.165, 1.54) is 0 Å². The minimum atomic E-state index is 0.0176. The first kappa shape index (κ1) is 14.6. The first-order valence-corrected chi connectivity index (χ1v) is 6.37. The number of nitrogens with zero attached hydrogens (tertiary/aromatic N) is 2. The third-order valence-corrected chi connectivity index (χ3v) is 2.95. The number of hydrogen-bond donors (Lipinski definition) is 1. The van der Waals surface area contributed by atoms with Gasteiger partial charge in [0.25, 0.3) is 5.91 Å². The summed E-state index contributed by atoms with van der Waals surface area (Å²) in [6.45, 7) is 4.71. The van der Waals surface area contributed by atoms with Gasteiger partial charge >= 0.3 is 0 Å². The Morgan fingerprint density at radius 2 is 2.00 bits per heavy atom. The summed E-state index contributed by atoms with van der Waals surface area (Å²) in [6.07, 6.45) is 2.66. The van der Waals surface area contributed by atoms with Gasteiger partial charge in [0.1, 0.15) is 0 Å². The average Bonchev–Trinajstić information content (AvgIpc) is 2.33. The third-order valence-electron chi connectivity index (χ3n) is 2.95. The van der Waals surface area contributed by atoms with Crippen molar-refractivity contribution >= 4 is 5.91 Å². The Balaban J connectivity index is 2.57. The fourth-order valence-electron chi connectivity index (χ4n) is 1.86. The van der Waals surface area contributed by atoms with Crippen LogP contribution in [0.1, 0.15) is 41.0 Å². The number of aryl methyl sites for hydroxylation is 2. The molecule has 0 bridgehead atoms. The second kappa shape index (κ2) is 7.11. The maximum absolute atomic E-state index is 12.2. The summed E-state index contributed by atoms with van der Waals surface area (Å²) in [5.41, 5.74) is 2.38. The quantitative estimate of drug-likeness (QED) is 0.785. The minimum absolute atomic E-state index is 0.0176. The van der Waals surface area contributed by atoms with E-state index in [2.05, 4.69) is 4.98 Å². The summed E-state index contributed by atoms with van der Waals surface area (Å²) in [5.74, 6) is 0.0176. The van der Waals surface area contributed by atoms with E-state index in [1.54, 1.807) is 11.9 Å². The lowest BCUT2D eigenvalue weighted by atomic mass is 10.1. The van der Waals surface area contributed by atoms with Gasteiger partial charge < -0.3 is 10.0 Å². The maximum atomic E-state index is 12.2. The molecular weight excluding hydrogens is 228 g/mol. The van der Waals surface area contributed by atoms with E-state index in [0.717, 1.165) is 30.7 Å². The molecule has 0 radical (unpaired) electrons. The largest absolute Gasteiger partial charge is 0.396 e. The average molecular weight is 250 g/mol. The molecule has 1 rings (SSSR count). The summed E-state index contributed by atoms with van der Waals surface area (Å²) in [5, 5.41) is 8.69. The summed E-state index contributed by atoms with van der Waals surface area (Å²) in [7, 11) is 1.81. The van der Waals surface area contributed by atoms with E-state index < -0.39 is 0 Å². The van der Waals surface area contributed by atoms with Gasteiger partial charge in [0.15, 0.2) is 0 Å². The molecule has 0 aliphatic heterocycles. The van der Waals surface area contributed by atoms with Crippen molar-refractivity contribution in [3.63, 3.8) is 0 Å². The Morgan fingerprint density at radius 3 is 2.61 bits per heavy atom. The zero-order valence-electron chi connectivity index (χ0n) is 11.4. The molecule has 1 aromatic rings. The lowest BCUT2D eigenvalue weighted by molar-refractivity contribution is 0.0791. The van der Waals surface area contributed by atoms with Crippen LogP contribution in [0.15, 0.2) is 12.1 Å². The van der Waals surface area contributed by atoms with Crippen LogP contribution in [0.25, 0.3) is 0 Å². The Morgan fingerprint density at radius 1 is 1.28 bits per heavy atom. The van der Waals surface area contributed by atoms with Crippen LogP contribution in [-0.4, -0.2) is 41.1 Å². The Kier molecular flexibility index (Phi) is 5.78. The molecule has 4 heteroatoms. The van der Waals surface area contributed by atoms with Gasteiger partial charge in [-0.15, -0.1) is 0 Å². The maximum Gasteiger partial charge on any atom is 0.255 e. The monoisotopic (exact) mass is 250 g/mol. The highest BCUT2D eigenvalue weighted by Crippen LogP contribution is 2.10. The molecular formula is C14H22N2O2. The molecule has 0 spiro atoms. The van der Waals surface area contributed by atoms with E-state index in [4.69, 9.17) is 5.11 Å². The van der Waals surface area contributed by atoms with E-state index in [1.807, 2.05) is 26.0 Å². The van der Waals surface area contributed by atoms with Crippen LogP contribution in [0, 0.1) is 13.8 Å². The summed E-state index contributed by atoms with van der Waals surface area (Å²) in [4.78, 5) is 18.2. The van der Waals surface area contributed by atoms with E-state index in [0.29, 0.717) is 12.1 Å². The predicted molar refractivity (Wildman–Crippen MR) is 71.6 cm³/mol. The fourth-order valence-corrected chi connectivity index (χ4v) is 1.86. The zero-order valence-corrected chi connectivity index (χ0v) is 11.4. The number of hydrogen-bond acceptors (Lipinski definition) is 3. The van der Waals surface area contributed by atoms with Gasteiger partial charge in [0.05, 0.1) is 11.3 Å². The van der Waals surface area contributed by atoms with Crippen LogP contribution < -0.4 is 0 Å². The van der Waals surface area contributed by atoms with Crippen molar-refractivity contribution in [1.82, 2.24) is 9.88 Å². The van der Waals surface area contributed by atoms with Crippen LogP contribution in [0.5, 0.6) is 0 Å². The second-order valence-corrected chi connectivity index (χ2v) is 4.60. The number of aliphatic hydroxyl groups is 1. The predicted octanol–water partition coefficient (Wildman–Crippen LogP) is 1.93. The molecule has 0 saturated heterocycles. The van der Waals surface area contributed by atoms with Gasteiger partial charge in [0.2, 0.25) is 0 Å². The van der Waals surface area contributed by atoms with Crippen LogP contribution >= 0.6 is 0 Å². The molecule has 100 valence electrons. The Labute approximate surface area is 109 Å². The van der Waals surface area contributed by atoms with Gasteiger partial charge in [-0.2, -0.15) is 0 Å². The number of pyridine rings is 1. The fraction of sp³-hybridized carbons (Fsp3) is 0.571. The first-order chi connectivity index (χ1) is 8.56. The molecule has 1 heterocycles. The number of aromatic nitrogens is 1. The molecule has 0 aromatic carbocycles. The number of unbranched alkanes of at least 4 members (excludes halogenated alkanes) is 2. The molecule has 0 aliphatic carbocycles. The second-order valence-electron chi connectivity index (χ2n) is 4.60. The summed E-state index contributed by atoms with van der Waals surface area (Å²) < 4.78 is 0. The van der Waals surface area contributed by atoms with Crippen molar-refractivity contribution in [2.45, 2.75) is 33.1 Å².